The molecule has 0 spiro atoms. The summed E-state index contributed by atoms with van der Waals surface area (Å²) in [5, 5.41) is 0. The van der Waals surface area contributed by atoms with Gasteiger partial charge < -0.3 is 6.15 Å². The van der Waals surface area contributed by atoms with E-state index < -0.39 is 0 Å². The molecule has 0 aliphatic heterocycles. The van der Waals surface area contributed by atoms with Crippen molar-refractivity contribution in [3.05, 3.63) is 0 Å². The largest absolute Gasteiger partial charge is 0.344 e. The SMILES string of the molecule is C.CC.CC#CC.CCC.N. The van der Waals surface area contributed by atoms with Crippen molar-refractivity contribution >= 4 is 0 Å². The Labute approximate surface area is 74.2 Å². The van der Waals surface area contributed by atoms with Gasteiger partial charge in [0.15, 0.2) is 0 Å². The van der Waals surface area contributed by atoms with E-state index in [2.05, 4.69) is 25.7 Å². The van der Waals surface area contributed by atoms with Gasteiger partial charge >= 0.3 is 0 Å². The molecule has 72 valence electrons. The zero-order valence-electron chi connectivity index (χ0n) is 8.41. The summed E-state index contributed by atoms with van der Waals surface area (Å²) in [6.45, 7) is 11.9. The molecular weight excluding hydrogens is 134 g/mol. The average molecular weight is 161 g/mol. The predicted molar refractivity (Wildman–Crippen MR) is 58.2 cm³/mol. The number of rotatable bonds is 0. The molecule has 0 amide bonds. The second kappa shape index (κ2) is 109. The van der Waals surface area contributed by atoms with Gasteiger partial charge in [0.25, 0.3) is 0 Å². The van der Waals surface area contributed by atoms with Crippen LogP contribution in [0, 0.1) is 11.8 Å². The second-order valence-electron chi connectivity index (χ2n) is 1.21. The van der Waals surface area contributed by atoms with Crippen LogP contribution < -0.4 is 6.15 Å². The minimum Gasteiger partial charge on any atom is -0.344 e. The molecule has 11 heavy (non-hydrogen) atoms. The van der Waals surface area contributed by atoms with Crippen molar-refractivity contribution in [1.29, 1.82) is 0 Å². The van der Waals surface area contributed by atoms with Crippen LogP contribution in [0.1, 0.15) is 55.4 Å². The summed E-state index contributed by atoms with van der Waals surface area (Å²) in [5.74, 6) is 5.36. The Morgan fingerprint density at radius 1 is 0.909 bits per heavy atom. The van der Waals surface area contributed by atoms with Crippen molar-refractivity contribution in [2.75, 3.05) is 0 Å². The molecule has 0 saturated heterocycles. The van der Waals surface area contributed by atoms with Crippen LogP contribution in [-0.2, 0) is 0 Å². The van der Waals surface area contributed by atoms with Gasteiger partial charge in [-0.1, -0.05) is 41.5 Å². The lowest BCUT2D eigenvalue weighted by Gasteiger charge is -1.48. The lowest BCUT2D eigenvalue weighted by atomic mass is 10.6. The molecule has 1 heteroatoms. The van der Waals surface area contributed by atoms with E-state index in [-0.39, 0.29) is 13.6 Å². The fourth-order valence-corrected chi connectivity index (χ4v) is 0. The molecule has 0 heterocycles. The lowest BCUT2D eigenvalue weighted by Crippen LogP contribution is -1.28. The van der Waals surface area contributed by atoms with E-state index in [9.17, 15) is 0 Å². The standard InChI is InChI=1S/C4H6.C3H8.C2H6.CH4.H3N/c1-3-4-2;1-3-2;1-2;;/h1-2H3;3H2,1-2H3;1-2H3;1H4;1H3. The van der Waals surface area contributed by atoms with Gasteiger partial charge in [0.2, 0.25) is 0 Å². The summed E-state index contributed by atoms with van der Waals surface area (Å²) in [6.07, 6.45) is 1.25. The Morgan fingerprint density at radius 3 is 1.00 bits per heavy atom. The topological polar surface area (TPSA) is 35.0 Å². The van der Waals surface area contributed by atoms with Crippen molar-refractivity contribution in [3.8, 4) is 11.8 Å². The Balaban J connectivity index is -0.0000000158. The average Bonchev–Trinajstić information content (AvgIpc) is 1.94. The van der Waals surface area contributed by atoms with Crippen molar-refractivity contribution in [1.82, 2.24) is 6.15 Å². The third-order valence-corrected chi connectivity index (χ3v) is 0.250. The predicted octanol–water partition coefficient (Wildman–Crippen LogP) is 4.27. The first-order chi connectivity index (χ1) is 4.33. The summed E-state index contributed by atoms with van der Waals surface area (Å²) in [4.78, 5) is 0. The molecule has 0 fully saturated rings. The highest BCUT2D eigenvalue weighted by molar-refractivity contribution is 4.89. The molecule has 3 N–H and O–H groups in total. The zero-order chi connectivity index (χ0) is 8.12. The van der Waals surface area contributed by atoms with Gasteiger partial charge in [-0.2, -0.15) is 0 Å². The first-order valence-corrected chi connectivity index (χ1v) is 3.66. The molecule has 0 aromatic carbocycles. The van der Waals surface area contributed by atoms with Gasteiger partial charge in [-0.3, -0.25) is 0 Å². The van der Waals surface area contributed by atoms with E-state index in [1.807, 2.05) is 27.7 Å². The van der Waals surface area contributed by atoms with Gasteiger partial charge in [-0.15, -0.1) is 11.8 Å². The first-order valence-electron chi connectivity index (χ1n) is 3.66. The lowest BCUT2D eigenvalue weighted by molar-refractivity contribution is 1.09. The smallest absolute Gasteiger partial charge is 0.00271 e. The number of hydrogen-bond acceptors (Lipinski definition) is 1. The normalized spacial score (nSPS) is 3.45. The third-order valence-electron chi connectivity index (χ3n) is 0.250. The highest BCUT2D eigenvalue weighted by atomic mass is 14.0. The summed E-state index contributed by atoms with van der Waals surface area (Å²) in [6, 6.07) is 0. The minimum atomic E-state index is 0. The minimum absolute atomic E-state index is 0. The molecule has 1 nitrogen and oxygen atoms in total. The van der Waals surface area contributed by atoms with Gasteiger partial charge in [0.05, 0.1) is 0 Å². The van der Waals surface area contributed by atoms with Crippen LogP contribution in [0.3, 0.4) is 0 Å². The molecule has 0 aromatic rings. The molecule has 0 unspecified atom stereocenters. The quantitative estimate of drug-likeness (QED) is 0.529. The maximum atomic E-state index is 2.68. The first kappa shape index (κ1) is 31.3. The molecule has 0 aliphatic rings. The molecule has 0 atom stereocenters. The highest BCUT2D eigenvalue weighted by Crippen LogP contribution is 1.56. The fourth-order valence-electron chi connectivity index (χ4n) is 0. The van der Waals surface area contributed by atoms with Gasteiger partial charge in [-0.25, -0.2) is 0 Å². The van der Waals surface area contributed by atoms with Crippen molar-refractivity contribution in [2.45, 2.75) is 55.4 Å². The fraction of sp³-hybridized carbons (Fsp3) is 0.800. The molecule has 0 radical (unpaired) electrons. The Hall–Kier alpha value is -0.480. The number of hydrogen-bond donors (Lipinski definition) is 1. The Morgan fingerprint density at radius 2 is 1.00 bits per heavy atom. The maximum Gasteiger partial charge on any atom is -0.00271 e. The zero-order valence-corrected chi connectivity index (χ0v) is 8.41. The van der Waals surface area contributed by atoms with E-state index in [0.717, 1.165) is 0 Å². The van der Waals surface area contributed by atoms with E-state index in [1.165, 1.54) is 6.42 Å². The van der Waals surface area contributed by atoms with Gasteiger partial charge in [0.1, 0.15) is 0 Å². The van der Waals surface area contributed by atoms with Crippen LogP contribution in [0.15, 0.2) is 0 Å². The molecule has 0 saturated carbocycles. The van der Waals surface area contributed by atoms with Crippen molar-refractivity contribution in [3.63, 3.8) is 0 Å². The second-order valence-corrected chi connectivity index (χ2v) is 1.21. The van der Waals surface area contributed by atoms with E-state index in [1.54, 1.807) is 0 Å². The Bertz CT molecular complexity index is 51.0. The summed E-state index contributed by atoms with van der Waals surface area (Å²) in [7, 11) is 0. The molecule has 0 rings (SSSR count). The van der Waals surface area contributed by atoms with E-state index in [4.69, 9.17) is 0 Å². The van der Waals surface area contributed by atoms with Crippen LogP contribution in [0.25, 0.3) is 0 Å². The van der Waals surface area contributed by atoms with Gasteiger partial charge in [0, 0.05) is 0 Å². The monoisotopic (exact) mass is 161 g/mol. The summed E-state index contributed by atoms with van der Waals surface area (Å²) < 4.78 is 0. The summed E-state index contributed by atoms with van der Waals surface area (Å²) >= 11 is 0. The van der Waals surface area contributed by atoms with Crippen molar-refractivity contribution < 1.29 is 0 Å². The summed E-state index contributed by atoms with van der Waals surface area (Å²) in [5.41, 5.74) is 0. The molecule has 0 bridgehead atoms. The molecule has 0 aromatic heterocycles. The molecular formula is C10H27N. The molecule has 0 aliphatic carbocycles. The van der Waals surface area contributed by atoms with E-state index >= 15 is 0 Å². The van der Waals surface area contributed by atoms with Gasteiger partial charge in [-0.05, 0) is 13.8 Å². The third kappa shape index (κ3) is 1990. The van der Waals surface area contributed by atoms with Crippen molar-refractivity contribution in [2.24, 2.45) is 0 Å². The highest BCUT2D eigenvalue weighted by Gasteiger charge is 1.35. The van der Waals surface area contributed by atoms with Crippen LogP contribution in [-0.4, -0.2) is 0 Å². The van der Waals surface area contributed by atoms with Crippen LogP contribution in [0.2, 0.25) is 0 Å². The van der Waals surface area contributed by atoms with E-state index in [0.29, 0.717) is 0 Å². The van der Waals surface area contributed by atoms with Crippen LogP contribution >= 0.6 is 0 Å². The van der Waals surface area contributed by atoms with Crippen LogP contribution in [0.4, 0.5) is 0 Å². The maximum absolute atomic E-state index is 2.68. The van der Waals surface area contributed by atoms with Crippen LogP contribution in [0.5, 0.6) is 0 Å². The Kier molecular flexibility index (Phi) is 310.